The van der Waals surface area contributed by atoms with E-state index in [-0.39, 0.29) is 17.2 Å². The van der Waals surface area contributed by atoms with E-state index in [1.165, 1.54) is 0 Å². The number of aliphatic hydroxyl groups excluding tert-OH is 1. The number of rotatable bonds is 2. The summed E-state index contributed by atoms with van der Waals surface area (Å²) in [6.07, 6.45) is 0.447. The fraction of sp³-hybridized carbons (Fsp3) is 0.400. The van der Waals surface area contributed by atoms with Crippen molar-refractivity contribution in [2.24, 2.45) is 0 Å². The number of fused-ring (bicyclic) bond motifs is 3. The van der Waals surface area contributed by atoms with Crippen LogP contribution in [0.2, 0.25) is 19.6 Å². The van der Waals surface area contributed by atoms with Crippen LogP contribution in [0.25, 0.3) is 22.1 Å². The number of aliphatic hydroxyl groups is 1. The van der Waals surface area contributed by atoms with Crippen LogP contribution >= 0.6 is 0 Å². The lowest BCUT2D eigenvalue weighted by Gasteiger charge is -2.13. The summed E-state index contributed by atoms with van der Waals surface area (Å²) in [5.74, 6) is 3.83. The molecule has 0 aliphatic carbocycles. The minimum absolute atomic E-state index is 0.241. The highest BCUT2D eigenvalue weighted by Gasteiger charge is 2.22. The van der Waals surface area contributed by atoms with Crippen molar-refractivity contribution in [3.8, 4) is 11.5 Å². The molecule has 3 aromatic rings. The third-order valence-corrected chi connectivity index (χ3v) is 5.45. The number of benzene rings is 1. The van der Waals surface area contributed by atoms with E-state index in [1.54, 1.807) is 0 Å². The molecule has 1 fully saturated rings. The van der Waals surface area contributed by atoms with Crippen molar-refractivity contribution in [3.05, 3.63) is 39.9 Å². The molecule has 0 amide bonds. The van der Waals surface area contributed by atoms with Gasteiger partial charge in [-0.15, -0.1) is 5.54 Å². The Morgan fingerprint density at radius 2 is 2.22 bits per heavy atom. The van der Waals surface area contributed by atoms with Gasteiger partial charge in [-0.2, -0.15) is 0 Å². The molecule has 1 aromatic carbocycles. The van der Waals surface area contributed by atoms with Crippen molar-refractivity contribution in [1.29, 1.82) is 0 Å². The number of furan rings is 1. The molecular formula is C20H23N3O3Si. The van der Waals surface area contributed by atoms with Crippen molar-refractivity contribution < 1.29 is 9.52 Å². The average Bonchev–Trinajstić information content (AvgIpc) is 3.16. The molecule has 1 atom stereocenters. The number of aromatic nitrogens is 2. The number of likely N-dealkylation sites (tertiary alicyclic amines) is 1. The fourth-order valence-corrected chi connectivity index (χ4v) is 3.80. The molecule has 3 heterocycles. The average molecular weight is 382 g/mol. The van der Waals surface area contributed by atoms with Crippen LogP contribution in [0.5, 0.6) is 0 Å². The molecule has 0 unspecified atom stereocenters. The first-order chi connectivity index (χ1) is 12.8. The fourth-order valence-electron chi connectivity index (χ4n) is 3.28. The Kier molecular flexibility index (Phi) is 4.42. The first-order valence-corrected chi connectivity index (χ1v) is 12.7. The lowest BCUT2D eigenvalue weighted by atomic mass is 10.1. The Morgan fingerprint density at radius 3 is 2.93 bits per heavy atom. The Hall–Kier alpha value is -2.40. The van der Waals surface area contributed by atoms with Crippen LogP contribution in [0, 0.1) is 11.5 Å². The highest BCUT2D eigenvalue weighted by molar-refractivity contribution is 6.83. The van der Waals surface area contributed by atoms with Crippen molar-refractivity contribution in [2.45, 2.75) is 38.7 Å². The molecule has 27 heavy (non-hydrogen) atoms. The van der Waals surface area contributed by atoms with Crippen molar-refractivity contribution in [2.75, 3.05) is 13.1 Å². The molecular weight excluding hydrogens is 358 g/mol. The second-order valence-corrected chi connectivity index (χ2v) is 12.9. The molecule has 1 aliphatic heterocycles. The van der Waals surface area contributed by atoms with E-state index in [2.05, 4.69) is 46.0 Å². The number of nitrogens with zero attached hydrogens (tertiary/aromatic N) is 2. The van der Waals surface area contributed by atoms with Gasteiger partial charge in [-0.1, -0.05) is 25.6 Å². The van der Waals surface area contributed by atoms with Gasteiger partial charge in [0.25, 0.3) is 5.56 Å². The minimum atomic E-state index is -1.47. The Bertz CT molecular complexity index is 1130. The normalized spacial score (nSPS) is 18.1. The van der Waals surface area contributed by atoms with E-state index < -0.39 is 8.07 Å². The van der Waals surface area contributed by atoms with Gasteiger partial charge < -0.3 is 14.5 Å². The zero-order chi connectivity index (χ0) is 19.2. The van der Waals surface area contributed by atoms with Gasteiger partial charge in [-0.05, 0) is 24.6 Å². The molecule has 1 saturated heterocycles. The van der Waals surface area contributed by atoms with Gasteiger partial charge in [0.2, 0.25) is 5.58 Å². The molecule has 0 saturated carbocycles. The minimum Gasteiger partial charge on any atom is -0.449 e. The van der Waals surface area contributed by atoms with Gasteiger partial charge in [0.05, 0.1) is 12.6 Å². The van der Waals surface area contributed by atoms with E-state index in [4.69, 9.17) is 4.42 Å². The molecule has 7 heteroatoms. The van der Waals surface area contributed by atoms with Gasteiger partial charge in [-0.25, -0.2) is 4.98 Å². The summed E-state index contributed by atoms with van der Waals surface area (Å²) in [6, 6.07) is 5.71. The summed E-state index contributed by atoms with van der Waals surface area (Å²) in [6.45, 7) is 8.51. The van der Waals surface area contributed by atoms with Gasteiger partial charge in [0, 0.05) is 24.0 Å². The van der Waals surface area contributed by atoms with Crippen LogP contribution in [0.15, 0.2) is 27.4 Å². The standard InChI is InChI=1S/C20H23N3O3Si/c1-27(2,3)9-7-13-4-5-16-15(10-13)18-19(26-16)20(25)22-17(21-18)12-23-8-6-14(24)11-23/h4-5,10,14,24H,6,8,11-12H2,1-3H3,(H,21,22,25)/t14-/m0/s1. The van der Waals surface area contributed by atoms with E-state index in [1.807, 2.05) is 18.2 Å². The van der Waals surface area contributed by atoms with Gasteiger partial charge in [-0.3, -0.25) is 9.69 Å². The second-order valence-electron chi connectivity index (χ2n) is 8.18. The van der Waals surface area contributed by atoms with E-state index in [0.717, 1.165) is 23.9 Å². The lowest BCUT2D eigenvalue weighted by molar-refractivity contribution is 0.174. The lowest BCUT2D eigenvalue weighted by Crippen LogP contribution is -2.24. The Morgan fingerprint density at radius 1 is 1.41 bits per heavy atom. The highest BCUT2D eigenvalue weighted by atomic mass is 28.3. The van der Waals surface area contributed by atoms with E-state index in [9.17, 15) is 9.90 Å². The molecule has 0 radical (unpaired) electrons. The van der Waals surface area contributed by atoms with Gasteiger partial charge >= 0.3 is 0 Å². The maximum atomic E-state index is 12.5. The first-order valence-electron chi connectivity index (χ1n) is 9.17. The SMILES string of the molecule is C[Si](C)(C)C#Cc1ccc2oc3c(=O)[nH]c(CN4CC[C@H](O)C4)nc3c2c1. The topological polar surface area (TPSA) is 82.4 Å². The quantitative estimate of drug-likeness (QED) is 0.526. The molecule has 6 nitrogen and oxygen atoms in total. The third kappa shape index (κ3) is 3.83. The maximum Gasteiger partial charge on any atom is 0.294 e. The predicted octanol–water partition coefficient (Wildman–Crippen LogP) is 2.46. The van der Waals surface area contributed by atoms with Crippen molar-refractivity contribution in [1.82, 2.24) is 14.9 Å². The zero-order valence-corrected chi connectivity index (χ0v) is 16.8. The largest absolute Gasteiger partial charge is 0.449 e. The summed E-state index contributed by atoms with van der Waals surface area (Å²) >= 11 is 0. The summed E-state index contributed by atoms with van der Waals surface area (Å²) < 4.78 is 5.73. The van der Waals surface area contributed by atoms with Gasteiger partial charge in [0.1, 0.15) is 25.0 Å². The van der Waals surface area contributed by atoms with Crippen LogP contribution in [-0.2, 0) is 6.54 Å². The number of hydrogen-bond acceptors (Lipinski definition) is 5. The van der Waals surface area contributed by atoms with Crippen LogP contribution in [0.4, 0.5) is 0 Å². The second kappa shape index (κ2) is 6.64. The Labute approximate surface area is 158 Å². The molecule has 2 N–H and O–H groups in total. The van der Waals surface area contributed by atoms with Gasteiger partial charge in [0.15, 0.2) is 0 Å². The van der Waals surface area contributed by atoms with Crippen LogP contribution in [-0.4, -0.2) is 47.2 Å². The molecule has 0 bridgehead atoms. The number of hydrogen-bond donors (Lipinski definition) is 2. The summed E-state index contributed by atoms with van der Waals surface area (Å²) in [5, 5.41) is 10.5. The number of nitrogens with one attached hydrogen (secondary N) is 1. The predicted molar refractivity (Wildman–Crippen MR) is 108 cm³/mol. The van der Waals surface area contributed by atoms with Crippen molar-refractivity contribution in [3.63, 3.8) is 0 Å². The first kappa shape index (κ1) is 18.0. The van der Waals surface area contributed by atoms with Crippen LogP contribution < -0.4 is 5.56 Å². The zero-order valence-electron chi connectivity index (χ0n) is 15.8. The molecule has 1 aliphatic rings. The maximum absolute atomic E-state index is 12.5. The molecule has 0 spiro atoms. The number of H-pyrrole nitrogens is 1. The molecule has 140 valence electrons. The highest BCUT2D eigenvalue weighted by Crippen LogP contribution is 2.26. The number of aromatic amines is 1. The Balaban J connectivity index is 1.77. The number of β-amino-alcohol motifs (C(OH)–C–C–N with tert-alkyl or cyclic N) is 1. The summed E-state index contributed by atoms with van der Waals surface area (Å²) in [7, 11) is -1.47. The monoisotopic (exact) mass is 381 g/mol. The van der Waals surface area contributed by atoms with E-state index in [0.29, 0.717) is 30.0 Å². The van der Waals surface area contributed by atoms with E-state index >= 15 is 0 Å². The third-order valence-electron chi connectivity index (χ3n) is 4.58. The smallest absolute Gasteiger partial charge is 0.294 e. The van der Waals surface area contributed by atoms with Crippen LogP contribution in [0.3, 0.4) is 0 Å². The van der Waals surface area contributed by atoms with Crippen LogP contribution in [0.1, 0.15) is 17.8 Å². The molecule has 2 aromatic heterocycles. The van der Waals surface area contributed by atoms with Crippen molar-refractivity contribution >= 4 is 30.1 Å². The molecule has 4 rings (SSSR count). The summed E-state index contributed by atoms with van der Waals surface area (Å²) in [4.78, 5) is 22.0. The summed E-state index contributed by atoms with van der Waals surface area (Å²) in [5.41, 5.74) is 5.43.